The second-order valence-corrected chi connectivity index (χ2v) is 9.81. The number of alkyl halides is 2. The van der Waals surface area contributed by atoms with Gasteiger partial charge in [0.05, 0.1) is 29.1 Å². The number of halogens is 2. The van der Waals surface area contributed by atoms with E-state index >= 15 is 0 Å². The van der Waals surface area contributed by atoms with E-state index in [0.29, 0.717) is 25.2 Å². The van der Waals surface area contributed by atoms with Crippen molar-refractivity contribution in [3.63, 3.8) is 0 Å². The Bertz CT molecular complexity index is 1210. The number of fused-ring (bicyclic) bond motifs is 1. The average Bonchev–Trinajstić information content (AvgIpc) is 3.36. The minimum Gasteiger partial charge on any atom is -0.356 e. The summed E-state index contributed by atoms with van der Waals surface area (Å²) < 4.78 is 29.0. The SMILES string of the molecule is C/C=C/C=N\C1=C(C)CC[C@H]1NC(=O)c1ccn(Cc2ccc(N3CC4C(C3)C4(F)F)nc2C)c1. The minimum atomic E-state index is -2.49. The minimum absolute atomic E-state index is 0.0806. The molecule has 1 aliphatic heterocycles. The summed E-state index contributed by atoms with van der Waals surface area (Å²) in [6, 6.07) is 5.65. The second kappa shape index (κ2) is 9.06. The predicted octanol–water partition coefficient (Wildman–Crippen LogP) is 4.75. The topological polar surface area (TPSA) is 62.5 Å². The number of carbonyl (C=O) groups excluding carboxylic acids is 1. The number of hydrogen-bond donors (Lipinski definition) is 1. The van der Waals surface area contributed by atoms with Crippen molar-refractivity contribution in [2.45, 2.75) is 52.1 Å². The van der Waals surface area contributed by atoms with Crippen molar-refractivity contribution in [1.29, 1.82) is 0 Å². The Kier molecular flexibility index (Phi) is 6.07. The van der Waals surface area contributed by atoms with Crippen molar-refractivity contribution >= 4 is 17.9 Å². The summed E-state index contributed by atoms with van der Waals surface area (Å²) in [7, 11) is 0. The molecule has 0 bridgehead atoms. The van der Waals surface area contributed by atoms with Crippen molar-refractivity contribution in [2.75, 3.05) is 18.0 Å². The fourth-order valence-electron chi connectivity index (χ4n) is 5.20. The molecule has 5 rings (SSSR count). The van der Waals surface area contributed by atoms with E-state index < -0.39 is 17.8 Å². The van der Waals surface area contributed by atoms with Gasteiger partial charge in [-0.1, -0.05) is 12.1 Å². The van der Waals surface area contributed by atoms with Crippen molar-refractivity contribution in [2.24, 2.45) is 16.8 Å². The predicted molar refractivity (Wildman–Crippen MR) is 133 cm³/mol. The van der Waals surface area contributed by atoms with Crippen LogP contribution in [-0.4, -0.2) is 46.7 Å². The molecule has 6 nitrogen and oxygen atoms in total. The molecule has 2 aromatic rings. The number of allylic oxidation sites excluding steroid dienone is 3. The van der Waals surface area contributed by atoms with Crippen LogP contribution in [0.5, 0.6) is 0 Å². The number of anilines is 1. The highest BCUT2D eigenvalue weighted by Crippen LogP contribution is 2.59. The molecule has 1 amide bonds. The van der Waals surface area contributed by atoms with Gasteiger partial charge >= 0.3 is 0 Å². The number of carbonyl (C=O) groups is 1. The van der Waals surface area contributed by atoms with Gasteiger partial charge in [-0.05, 0) is 63.0 Å². The summed E-state index contributed by atoms with van der Waals surface area (Å²) in [6.07, 6.45) is 11.1. The molecular formula is C27H31F2N5O. The Balaban J connectivity index is 1.20. The van der Waals surface area contributed by atoms with Crippen LogP contribution < -0.4 is 10.2 Å². The summed E-state index contributed by atoms with van der Waals surface area (Å²) in [5.74, 6) is -2.88. The first-order chi connectivity index (χ1) is 16.8. The van der Waals surface area contributed by atoms with Crippen molar-refractivity contribution in [1.82, 2.24) is 14.9 Å². The Labute approximate surface area is 204 Å². The first-order valence-electron chi connectivity index (χ1n) is 12.2. The van der Waals surface area contributed by atoms with Gasteiger partial charge in [0.25, 0.3) is 11.8 Å². The van der Waals surface area contributed by atoms with E-state index in [9.17, 15) is 13.6 Å². The van der Waals surface area contributed by atoms with E-state index in [0.717, 1.165) is 35.6 Å². The van der Waals surface area contributed by atoms with Gasteiger partial charge in [0.2, 0.25) is 0 Å². The number of aliphatic imine (C=N–C) groups is 1. The van der Waals surface area contributed by atoms with Crippen LogP contribution in [0.15, 0.2) is 59.0 Å². The molecule has 2 unspecified atom stereocenters. The van der Waals surface area contributed by atoms with Crippen molar-refractivity contribution in [3.8, 4) is 0 Å². The number of pyridine rings is 1. The quantitative estimate of drug-likeness (QED) is 0.583. The number of aromatic nitrogens is 2. The number of hydrogen-bond acceptors (Lipinski definition) is 4. The summed E-state index contributed by atoms with van der Waals surface area (Å²) >= 11 is 0. The van der Waals surface area contributed by atoms with E-state index in [-0.39, 0.29) is 11.9 Å². The molecule has 35 heavy (non-hydrogen) atoms. The van der Waals surface area contributed by atoms with Gasteiger partial charge in [0.1, 0.15) is 5.82 Å². The van der Waals surface area contributed by atoms with Gasteiger partial charge in [0.15, 0.2) is 0 Å². The van der Waals surface area contributed by atoms with Crippen molar-refractivity contribution < 1.29 is 13.6 Å². The highest BCUT2D eigenvalue weighted by Gasteiger charge is 2.71. The number of nitrogens with one attached hydrogen (secondary N) is 1. The first-order valence-corrected chi connectivity index (χ1v) is 12.2. The van der Waals surface area contributed by atoms with Crippen LogP contribution in [0.1, 0.15) is 48.3 Å². The maximum atomic E-state index is 13.5. The third-order valence-corrected chi connectivity index (χ3v) is 7.44. The van der Waals surface area contributed by atoms with E-state index in [1.54, 1.807) is 6.21 Å². The molecule has 0 aromatic carbocycles. The smallest absolute Gasteiger partial charge is 0.258 e. The summed E-state index contributed by atoms with van der Waals surface area (Å²) in [6.45, 7) is 7.27. The molecule has 2 aliphatic carbocycles. The van der Waals surface area contributed by atoms with Crippen LogP contribution in [0.25, 0.3) is 0 Å². The highest BCUT2D eigenvalue weighted by molar-refractivity contribution is 5.94. The third kappa shape index (κ3) is 4.54. The zero-order valence-corrected chi connectivity index (χ0v) is 20.3. The van der Waals surface area contributed by atoms with E-state index in [4.69, 9.17) is 0 Å². The molecule has 184 valence electrons. The number of aryl methyl sites for hydroxylation is 1. The molecule has 1 saturated carbocycles. The van der Waals surface area contributed by atoms with Crippen LogP contribution >= 0.6 is 0 Å². The van der Waals surface area contributed by atoms with Crippen LogP contribution in [-0.2, 0) is 6.54 Å². The molecule has 3 atom stereocenters. The second-order valence-electron chi connectivity index (χ2n) is 9.81. The molecule has 0 radical (unpaired) electrons. The number of amides is 1. The molecule has 1 saturated heterocycles. The highest BCUT2D eigenvalue weighted by atomic mass is 19.3. The summed E-state index contributed by atoms with van der Waals surface area (Å²) in [5.41, 5.74) is 4.65. The molecule has 0 spiro atoms. The lowest BCUT2D eigenvalue weighted by Crippen LogP contribution is -2.34. The molecule has 8 heteroatoms. The lowest BCUT2D eigenvalue weighted by molar-refractivity contribution is 0.0796. The summed E-state index contributed by atoms with van der Waals surface area (Å²) in [4.78, 5) is 24.1. The largest absolute Gasteiger partial charge is 0.356 e. The Morgan fingerprint density at radius 3 is 2.74 bits per heavy atom. The number of nitrogens with zero attached hydrogens (tertiary/aromatic N) is 4. The lowest BCUT2D eigenvalue weighted by atomic mass is 10.2. The van der Waals surface area contributed by atoms with Gasteiger partial charge < -0.3 is 14.8 Å². The van der Waals surface area contributed by atoms with Crippen LogP contribution in [0.2, 0.25) is 0 Å². The third-order valence-electron chi connectivity index (χ3n) is 7.44. The van der Waals surface area contributed by atoms with Crippen molar-refractivity contribution in [3.05, 3.63) is 70.8 Å². The molecule has 2 aromatic heterocycles. The standard InChI is InChI=1S/C27H31F2N5O/c1-4-5-11-30-25-17(2)6-8-23(25)32-26(35)20-10-12-33(14-20)13-19-7-9-24(31-18(19)3)34-15-21-22(16-34)27(21,28)29/h4-5,7,9-12,14,21-23H,6,8,13,15-16H2,1-3H3,(H,32,35)/b5-4+,30-11-/t21?,22?,23-/m1/s1. The van der Waals surface area contributed by atoms with Crippen LogP contribution in [0.3, 0.4) is 0 Å². The molecular weight excluding hydrogens is 448 g/mol. The fraction of sp³-hybridized carbons (Fsp3) is 0.444. The van der Waals surface area contributed by atoms with Gasteiger partial charge in [-0.15, -0.1) is 0 Å². The summed E-state index contributed by atoms with van der Waals surface area (Å²) in [5, 5.41) is 3.12. The average molecular weight is 480 g/mol. The normalized spacial score (nSPS) is 25.2. The van der Waals surface area contributed by atoms with E-state index in [1.165, 1.54) is 5.57 Å². The molecule has 3 heterocycles. The monoisotopic (exact) mass is 479 g/mol. The molecule has 1 N–H and O–H groups in total. The zero-order valence-electron chi connectivity index (χ0n) is 20.3. The lowest BCUT2D eigenvalue weighted by Gasteiger charge is -2.21. The number of piperidine rings is 1. The fourth-order valence-corrected chi connectivity index (χ4v) is 5.20. The Hall–Kier alpha value is -3.29. The van der Waals surface area contributed by atoms with E-state index in [1.807, 2.05) is 66.1 Å². The van der Waals surface area contributed by atoms with Gasteiger partial charge in [0, 0.05) is 43.9 Å². The van der Waals surface area contributed by atoms with E-state index in [2.05, 4.69) is 22.2 Å². The van der Waals surface area contributed by atoms with Gasteiger partial charge in [-0.3, -0.25) is 9.79 Å². The first kappa shape index (κ1) is 23.5. The molecule has 2 fully saturated rings. The molecule has 3 aliphatic rings. The Morgan fingerprint density at radius 2 is 2.03 bits per heavy atom. The van der Waals surface area contributed by atoms with Crippen LogP contribution in [0, 0.1) is 18.8 Å². The maximum absolute atomic E-state index is 13.5. The van der Waals surface area contributed by atoms with Gasteiger partial charge in [-0.25, -0.2) is 13.8 Å². The van der Waals surface area contributed by atoms with Crippen LogP contribution in [0.4, 0.5) is 14.6 Å². The van der Waals surface area contributed by atoms with Gasteiger partial charge in [-0.2, -0.15) is 0 Å². The zero-order chi connectivity index (χ0) is 24.7. The maximum Gasteiger partial charge on any atom is 0.258 e. The number of rotatable bonds is 7. The Morgan fingerprint density at radius 1 is 1.26 bits per heavy atom.